The molecule has 0 spiro atoms. The number of hydrogen-bond acceptors (Lipinski definition) is 4. The molecule has 0 unspecified atom stereocenters. The number of carbonyl (C=O) groups excluding carboxylic acids is 1. The fraction of sp³-hybridized carbons (Fsp3) is 0.217. The summed E-state index contributed by atoms with van der Waals surface area (Å²) >= 11 is 0. The number of anilines is 1. The first-order valence-corrected chi connectivity index (χ1v) is 9.41. The van der Waals surface area contributed by atoms with Gasteiger partial charge in [-0.15, -0.1) is 0 Å². The second-order valence-electron chi connectivity index (χ2n) is 6.91. The van der Waals surface area contributed by atoms with Gasteiger partial charge in [0.1, 0.15) is 6.04 Å². The van der Waals surface area contributed by atoms with Crippen molar-refractivity contribution in [3.05, 3.63) is 81.6 Å². The quantitative estimate of drug-likeness (QED) is 0.718. The Morgan fingerprint density at radius 2 is 1.93 bits per heavy atom. The molecular weight excluding hydrogens is 364 g/mol. The van der Waals surface area contributed by atoms with Crippen LogP contribution in [0.2, 0.25) is 0 Å². The molecule has 0 radical (unpaired) electrons. The molecule has 6 nitrogen and oxygen atoms in total. The smallest absolute Gasteiger partial charge is 0.267 e. The largest absolute Gasteiger partial charge is 0.324 e. The van der Waals surface area contributed by atoms with E-state index < -0.39 is 6.04 Å². The van der Waals surface area contributed by atoms with Crippen molar-refractivity contribution in [2.75, 3.05) is 5.32 Å². The number of carbonyl (C=O) groups is 1. The zero-order chi connectivity index (χ0) is 21.0. The zero-order valence-electron chi connectivity index (χ0n) is 16.6. The van der Waals surface area contributed by atoms with E-state index in [9.17, 15) is 9.59 Å². The summed E-state index contributed by atoms with van der Waals surface area (Å²) in [5.41, 5.74) is 4.43. The monoisotopic (exact) mass is 386 g/mol. The van der Waals surface area contributed by atoms with Gasteiger partial charge in [0.2, 0.25) is 5.91 Å². The molecule has 1 heterocycles. The lowest BCUT2D eigenvalue weighted by molar-refractivity contribution is -0.119. The van der Waals surface area contributed by atoms with E-state index >= 15 is 0 Å². The van der Waals surface area contributed by atoms with Crippen molar-refractivity contribution >= 4 is 11.6 Å². The summed E-state index contributed by atoms with van der Waals surface area (Å²) in [6, 6.07) is 17.0. The first kappa shape index (κ1) is 20.0. The first-order chi connectivity index (χ1) is 13.9. The molecule has 146 valence electrons. The van der Waals surface area contributed by atoms with Gasteiger partial charge in [-0.05, 0) is 61.7 Å². The van der Waals surface area contributed by atoms with E-state index in [4.69, 9.17) is 5.26 Å². The molecule has 1 amide bonds. The minimum atomic E-state index is -0.764. The molecule has 0 saturated heterocycles. The van der Waals surface area contributed by atoms with Crippen LogP contribution in [0.3, 0.4) is 0 Å². The number of nitrogens with zero attached hydrogens (tertiary/aromatic N) is 3. The molecule has 6 heteroatoms. The van der Waals surface area contributed by atoms with Gasteiger partial charge in [0, 0.05) is 17.3 Å². The van der Waals surface area contributed by atoms with Crippen molar-refractivity contribution in [3.63, 3.8) is 0 Å². The molecule has 0 bridgehead atoms. The SMILES string of the molecule is CC[C@@H](C(=O)Nc1cccc(C#N)c1)n1nc(-c2ccc(C)c(C)c2)ccc1=O. The molecule has 1 aromatic heterocycles. The summed E-state index contributed by atoms with van der Waals surface area (Å²) in [7, 11) is 0. The van der Waals surface area contributed by atoms with Crippen LogP contribution in [0.5, 0.6) is 0 Å². The van der Waals surface area contributed by atoms with E-state index in [1.165, 1.54) is 16.3 Å². The van der Waals surface area contributed by atoms with Gasteiger partial charge >= 0.3 is 0 Å². The van der Waals surface area contributed by atoms with E-state index in [0.717, 1.165) is 11.1 Å². The normalized spacial score (nSPS) is 11.5. The molecule has 0 aliphatic heterocycles. The average molecular weight is 386 g/mol. The summed E-state index contributed by atoms with van der Waals surface area (Å²) in [6.07, 6.45) is 0.396. The minimum absolute atomic E-state index is 0.342. The number of aromatic nitrogens is 2. The van der Waals surface area contributed by atoms with Crippen molar-refractivity contribution in [1.82, 2.24) is 9.78 Å². The Morgan fingerprint density at radius 1 is 1.14 bits per heavy atom. The highest BCUT2D eigenvalue weighted by Gasteiger charge is 2.21. The summed E-state index contributed by atoms with van der Waals surface area (Å²) in [4.78, 5) is 25.3. The highest BCUT2D eigenvalue weighted by Crippen LogP contribution is 2.21. The van der Waals surface area contributed by atoms with E-state index in [2.05, 4.69) is 10.4 Å². The van der Waals surface area contributed by atoms with Gasteiger partial charge in [-0.25, -0.2) is 4.68 Å². The van der Waals surface area contributed by atoms with Gasteiger partial charge in [-0.1, -0.05) is 25.1 Å². The van der Waals surface area contributed by atoms with Crippen LogP contribution in [0.1, 0.15) is 36.1 Å². The molecule has 29 heavy (non-hydrogen) atoms. The summed E-state index contributed by atoms with van der Waals surface area (Å²) < 4.78 is 1.23. The highest BCUT2D eigenvalue weighted by molar-refractivity contribution is 5.93. The van der Waals surface area contributed by atoms with E-state index in [0.29, 0.717) is 23.4 Å². The third-order valence-corrected chi connectivity index (χ3v) is 4.87. The molecule has 3 rings (SSSR count). The maximum Gasteiger partial charge on any atom is 0.267 e. The Morgan fingerprint density at radius 3 is 2.62 bits per heavy atom. The van der Waals surface area contributed by atoms with Crippen LogP contribution in [-0.4, -0.2) is 15.7 Å². The van der Waals surface area contributed by atoms with Crippen LogP contribution < -0.4 is 10.9 Å². The Bertz CT molecular complexity index is 1160. The molecular formula is C23H22N4O2. The maximum absolute atomic E-state index is 12.8. The molecule has 0 saturated carbocycles. The van der Waals surface area contributed by atoms with Gasteiger partial charge in [-0.2, -0.15) is 10.4 Å². The van der Waals surface area contributed by atoms with Crippen molar-refractivity contribution < 1.29 is 4.79 Å². The summed E-state index contributed by atoms with van der Waals surface area (Å²) in [5, 5.41) is 16.3. The Hall–Kier alpha value is -3.72. The number of nitrogens with one attached hydrogen (secondary N) is 1. The zero-order valence-corrected chi connectivity index (χ0v) is 16.6. The van der Waals surface area contributed by atoms with Gasteiger partial charge < -0.3 is 5.32 Å². The van der Waals surface area contributed by atoms with Gasteiger partial charge in [0.15, 0.2) is 0 Å². The van der Waals surface area contributed by atoms with Crippen LogP contribution in [-0.2, 0) is 4.79 Å². The molecule has 1 atom stereocenters. The number of hydrogen-bond donors (Lipinski definition) is 1. The van der Waals surface area contributed by atoms with Gasteiger partial charge in [0.05, 0.1) is 17.3 Å². The van der Waals surface area contributed by atoms with Crippen molar-refractivity contribution in [2.24, 2.45) is 0 Å². The molecule has 2 aromatic carbocycles. The summed E-state index contributed by atoms with van der Waals surface area (Å²) in [5.74, 6) is -0.352. The van der Waals surface area contributed by atoms with Crippen LogP contribution in [0, 0.1) is 25.2 Å². The lowest BCUT2D eigenvalue weighted by Gasteiger charge is -2.18. The number of aryl methyl sites for hydroxylation is 2. The minimum Gasteiger partial charge on any atom is -0.324 e. The molecule has 0 aliphatic carbocycles. The van der Waals surface area contributed by atoms with Crippen LogP contribution in [0.25, 0.3) is 11.3 Å². The fourth-order valence-electron chi connectivity index (χ4n) is 3.06. The molecule has 3 aromatic rings. The molecule has 0 aliphatic rings. The first-order valence-electron chi connectivity index (χ1n) is 9.41. The summed E-state index contributed by atoms with van der Waals surface area (Å²) in [6.45, 7) is 5.88. The Balaban J connectivity index is 1.94. The van der Waals surface area contributed by atoms with E-state index in [1.54, 1.807) is 30.3 Å². The standard InChI is InChI=1S/C23H22N4O2/c1-4-21(23(29)25-19-7-5-6-17(13-19)14-24)27-22(28)11-10-20(26-27)18-9-8-15(2)16(3)12-18/h5-13,21H,4H2,1-3H3,(H,25,29)/t21-/m0/s1. The number of nitriles is 1. The second-order valence-corrected chi connectivity index (χ2v) is 6.91. The van der Waals surface area contributed by atoms with Crippen molar-refractivity contribution in [2.45, 2.75) is 33.2 Å². The van der Waals surface area contributed by atoms with Gasteiger partial charge in [-0.3, -0.25) is 9.59 Å². The third-order valence-electron chi connectivity index (χ3n) is 4.87. The topological polar surface area (TPSA) is 87.8 Å². The predicted octanol–water partition coefficient (Wildman–Crippen LogP) is 3.99. The lowest BCUT2D eigenvalue weighted by atomic mass is 10.0. The van der Waals surface area contributed by atoms with E-state index in [1.807, 2.05) is 45.0 Å². The van der Waals surface area contributed by atoms with Crippen molar-refractivity contribution in [1.29, 1.82) is 5.26 Å². The number of amides is 1. The average Bonchev–Trinajstić information content (AvgIpc) is 2.72. The Labute approximate surface area is 169 Å². The molecule has 1 N–H and O–H groups in total. The Kier molecular flexibility index (Phi) is 5.89. The lowest BCUT2D eigenvalue weighted by Crippen LogP contribution is -2.34. The third kappa shape index (κ3) is 4.41. The maximum atomic E-state index is 12.8. The predicted molar refractivity (Wildman–Crippen MR) is 113 cm³/mol. The number of benzene rings is 2. The number of rotatable bonds is 5. The second kappa shape index (κ2) is 8.53. The highest BCUT2D eigenvalue weighted by atomic mass is 16.2. The van der Waals surface area contributed by atoms with Crippen LogP contribution >= 0.6 is 0 Å². The van der Waals surface area contributed by atoms with Gasteiger partial charge in [0.25, 0.3) is 5.56 Å². The van der Waals surface area contributed by atoms with Crippen molar-refractivity contribution in [3.8, 4) is 17.3 Å². The van der Waals surface area contributed by atoms with Crippen LogP contribution in [0.15, 0.2) is 59.4 Å². The fourth-order valence-corrected chi connectivity index (χ4v) is 3.06. The van der Waals surface area contributed by atoms with E-state index in [-0.39, 0.29) is 11.5 Å². The van der Waals surface area contributed by atoms with Crippen LogP contribution in [0.4, 0.5) is 5.69 Å². The molecule has 0 fully saturated rings.